The average molecular weight is 529 g/mol. The summed E-state index contributed by atoms with van der Waals surface area (Å²) in [5.41, 5.74) is 1.68. The summed E-state index contributed by atoms with van der Waals surface area (Å²) in [6.45, 7) is 3.79. The Morgan fingerprint density at radius 1 is 1.06 bits per heavy atom. The van der Waals surface area contributed by atoms with E-state index in [9.17, 15) is 18.4 Å². The third-order valence-corrected chi connectivity index (χ3v) is 8.07. The van der Waals surface area contributed by atoms with E-state index in [2.05, 4.69) is 31.1 Å². The summed E-state index contributed by atoms with van der Waals surface area (Å²) < 4.78 is 25.6. The molecule has 3 aromatic rings. The molecule has 1 aromatic heterocycles. The summed E-state index contributed by atoms with van der Waals surface area (Å²) in [7, 11) is -3.78. The van der Waals surface area contributed by atoms with Crippen LogP contribution in [0.4, 0.5) is 11.5 Å². The zero-order valence-electron chi connectivity index (χ0n) is 19.9. The Labute approximate surface area is 215 Å². The molecule has 0 aliphatic rings. The van der Waals surface area contributed by atoms with Crippen LogP contribution >= 0.6 is 12.2 Å². The van der Waals surface area contributed by atoms with Gasteiger partial charge in [0.05, 0.1) is 23.7 Å². The minimum absolute atomic E-state index is 0.109. The predicted molar refractivity (Wildman–Crippen MR) is 145 cm³/mol. The molecule has 0 aliphatic heterocycles. The minimum Gasteiger partial charge on any atom is -0.395 e. The van der Waals surface area contributed by atoms with Crippen LogP contribution in [0.15, 0.2) is 70.7 Å². The standard InChI is InChI=1S/C24H28N6O4S2/c1-24(2,36(33,34)19-6-4-3-5-7-19)20-16-21(25-14-15-31)30-22(29-20)17-8-10-18(11-9-17)28-23(35)26-12-13-27-32/h3-11,16,31H,12-15H2,1-2H3,(H,25,29,30)(H2,26,28,35). The highest BCUT2D eigenvalue weighted by molar-refractivity contribution is 7.92. The number of aliphatic hydroxyl groups is 1. The van der Waals surface area contributed by atoms with E-state index in [-0.39, 0.29) is 24.6 Å². The van der Waals surface area contributed by atoms with Gasteiger partial charge in [0.25, 0.3) is 0 Å². The second-order valence-corrected chi connectivity index (χ2v) is 11.2. The van der Waals surface area contributed by atoms with Gasteiger partial charge in [-0.3, -0.25) is 0 Å². The maximum absolute atomic E-state index is 13.5. The number of benzene rings is 2. The topological polar surface area (TPSA) is 146 Å². The fourth-order valence-electron chi connectivity index (χ4n) is 3.28. The van der Waals surface area contributed by atoms with Crippen LogP contribution in [0.3, 0.4) is 0 Å². The van der Waals surface area contributed by atoms with Crippen LogP contribution in [0.5, 0.6) is 0 Å². The largest absolute Gasteiger partial charge is 0.395 e. The van der Waals surface area contributed by atoms with E-state index >= 15 is 0 Å². The molecule has 0 atom stereocenters. The number of nitroso groups, excluding NO2 is 1. The third kappa shape index (κ3) is 6.39. The first-order chi connectivity index (χ1) is 17.2. The summed E-state index contributed by atoms with van der Waals surface area (Å²) in [4.78, 5) is 19.5. The van der Waals surface area contributed by atoms with Crippen LogP contribution in [-0.2, 0) is 14.6 Å². The van der Waals surface area contributed by atoms with Crippen molar-refractivity contribution in [1.29, 1.82) is 0 Å². The van der Waals surface area contributed by atoms with E-state index in [1.165, 1.54) is 0 Å². The number of aromatic nitrogens is 2. The fraction of sp³-hybridized carbons (Fsp3) is 0.292. The van der Waals surface area contributed by atoms with Crippen molar-refractivity contribution in [3.05, 3.63) is 71.3 Å². The lowest BCUT2D eigenvalue weighted by Gasteiger charge is -2.25. The normalized spacial score (nSPS) is 11.5. The van der Waals surface area contributed by atoms with Gasteiger partial charge in [-0.2, -0.15) is 4.91 Å². The number of sulfone groups is 1. The first-order valence-corrected chi connectivity index (χ1v) is 13.1. The molecule has 3 rings (SSSR count). The summed E-state index contributed by atoms with van der Waals surface area (Å²) in [6.07, 6.45) is 0. The number of hydrogen-bond acceptors (Lipinski definition) is 9. The average Bonchev–Trinajstić information content (AvgIpc) is 2.88. The zero-order valence-corrected chi connectivity index (χ0v) is 21.6. The zero-order chi connectivity index (χ0) is 26.2. The van der Waals surface area contributed by atoms with Gasteiger partial charge < -0.3 is 21.1 Å². The molecule has 0 amide bonds. The maximum Gasteiger partial charge on any atom is 0.189 e. The van der Waals surface area contributed by atoms with Gasteiger partial charge in [-0.1, -0.05) is 23.4 Å². The summed E-state index contributed by atoms with van der Waals surface area (Å²) in [5, 5.41) is 21.3. The lowest BCUT2D eigenvalue weighted by Crippen LogP contribution is -2.31. The SMILES string of the molecule is CC(C)(c1cc(NCCO)nc(-c2ccc(NC(=S)NCCN=O)cc2)n1)S(=O)(=O)c1ccccc1. The molecule has 0 radical (unpaired) electrons. The van der Waals surface area contributed by atoms with Crippen molar-refractivity contribution in [1.82, 2.24) is 15.3 Å². The molecule has 0 fully saturated rings. The number of hydrogen-bond donors (Lipinski definition) is 4. The van der Waals surface area contributed by atoms with Gasteiger partial charge >= 0.3 is 0 Å². The molecule has 0 spiro atoms. The van der Waals surface area contributed by atoms with Crippen LogP contribution in [0.2, 0.25) is 0 Å². The molecule has 0 saturated heterocycles. The molecule has 0 saturated carbocycles. The van der Waals surface area contributed by atoms with Crippen molar-refractivity contribution in [2.75, 3.05) is 36.9 Å². The monoisotopic (exact) mass is 528 g/mol. The lowest BCUT2D eigenvalue weighted by atomic mass is 10.1. The summed E-state index contributed by atoms with van der Waals surface area (Å²) in [5.74, 6) is 0.727. The number of aliphatic hydroxyl groups excluding tert-OH is 1. The van der Waals surface area contributed by atoms with Gasteiger partial charge in [0.15, 0.2) is 20.8 Å². The van der Waals surface area contributed by atoms with Crippen molar-refractivity contribution in [2.45, 2.75) is 23.5 Å². The molecule has 1 heterocycles. The molecule has 190 valence electrons. The smallest absolute Gasteiger partial charge is 0.189 e. The molecule has 4 N–H and O–H groups in total. The highest BCUT2D eigenvalue weighted by Crippen LogP contribution is 2.35. The summed E-state index contributed by atoms with van der Waals surface area (Å²) >= 11 is 5.19. The molecule has 0 unspecified atom stereocenters. The Bertz CT molecular complexity index is 1300. The van der Waals surface area contributed by atoms with Crippen LogP contribution in [0.25, 0.3) is 11.4 Å². The molecular weight excluding hydrogens is 500 g/mol. The van der Waals surface area contributed by atoms with Crippen LogP contribution in [0.1, 0.15) is 19.5 Å². The molecule has 0 bridgehead atoms. The Balaban J connectivity index is 1.94. The number of anilines is 2. The molecule has 2 aromatic carbocycles. The number of nitrogens with zero attached hydrogens (tertiary/aromatic N) is 3. The van der Waals surface area contributed by atoms with E-state index < -0.39 is 14.6 Å². The Hall–Kier alpha value is -3.48. The van der Waals surface area contributed by atoms with Crippen LogP contribution in [-0.4, -0.2) is 54.8 Å². The number of nitrogens with one attached hydrogen (secondary N) is 3. The quantitative estimate of drug-likeness (QED) is 0.166. The second kappa shape index (κ2) is 12.0. The van der Waals surface area contributed by atoms with Crippen LogP contribution < -0.4 is 16.0 Å². The Morgan fingerprint density at radius 2 is 1.75 bits per heavy atom. The molecule has 36 heavy (non-hydrogen) atoms. The van der Waals surface area contributed by atoms with Gasteiger partial charge in [0, 0.05) is 30.4 Å². The van der Waals surface area contributed by atoms with Gasteiger partial charge in [-0.25, -0.2) is 18.4 Å². The van der Waals surface area contributed by atoms with Crippen molar-refractivity contribution < 1.29 is 13.5 Å². The van der Waals surface area contributed by atoms with E-state index in [0.29, 0.717) is 40.2 Å². The molecule has 0 aliphatic carbocycles. The molecule has 10 nitrogen and oxygen atoms in total. The predicted octanol–water partition coefficient (Wildman–Crippen LogP) is 3.31. The lowest BCUT2D eigenvalue weighted by molar-refractivity contribution is 0.311. The Kier molecular flexibility index (Phi) is 9.02. The first kappa shape index (κ1) is 27.1. The van der Waals surface area contributed by atoms with E-state index in [1.807, 2.05) is 0 Å². The van der Waals surface area contributed by atoms with Gasteiger partial charge in [0.2, 0.25) is 0 Å². The van der Waals surface area contributed by atoms with Gasteiger partial charge in [-0.15, -0.1) is 0 Å². The minimum atomic E-state index is -3.78. The third-order valence-electron chi connectivity index (χ3n) is 5.38. The van der Waals surface area contributed by atoms with Crippen molar-refractivity contribution in [3.63, 3.8) is 0 Å². The summed E-state index contributed by atoms with van der Waals surface area (Å²) in [6, 6.07) is 17.0. The maximum atomic E-state index is 13.5. The van der Waals surface area contributed by atoms with Gasteiger partial charge in [0.1, 0.15) is 10.6 Å². The van der Waals surface area contributed by atoms with Gasteiger partial charge in [-0.05, 0) is 62.5 Å². The fourth-order valence-corrected chi connectivity index (χ4v) is 4.99. The highest BCUT2D eigenvalue weighted by atomic mass is 32.2. The Morgan fingerprint density at radius 3 is 2.39 bits per heavy atom. The van der Waals surface area contributed by atoms with E-state index in [1.54, 1.807) is 74.5 Å². The molecule has 12 heteroatoms. The second-order valence-electron chi connectivity index (χ2n) is 8.25. The van der Waals surface area contributed by atoms with Crippen molar-refractivity contribution >= 4 is 38.7 Å². The first-order valence-electron chi connectivity index (χ1n) is 11.2. The van der Waals surface area contributed by atoms with E-state index in [0.717, 1.165) is 0 Å². The molecular formula is C24H28N6O4S2. The number of thiocarbonyl (C=S) groups is 1. The van der Waals surface area contributed by atoms with Crippen molar-refractivity contribution in [3.8, 4) is 11.4 Å². The van der Waals surface area contributed by atoms with Crippen molar-refractivity contribution in [2.24, 2.45) is 5.18 Å². The highest BCUT2D eigenvalue weighted by Gasteiger charge is 2.39. The number of rotatable bonds is 11. The van der Waals surface area contributed by atoms with E-state index in [4.69, 9.17) is 12.2 Å². The van der Waals surface area contributed by atoms with Crippen LogP contribution in [0, 0.1) is 4.91 Å².